The number of carbonyl (C=O) groups is 1. The minimum atomic E-state index is 0.137. The highest BCUT2D eigenvalue weighted by Gasteiger charge is 2.40. The molecule has 1 N–H and O–H groups in total. The lowest BCUT2D eigenvalue weighted by atomic mass is 9.94. The molecule has 1 aromatic rings. The number of methoxy groups -OCH3 is 1. The molecule has 1 aromatic heterocycles. The van der Waals surface area contributed by atoms with E-state index in [-0.39, 0.29) is 5.92 Å². The number of fused-ring (bicyclic) bond motifs is 4. The fourth-order valence-corrected chi connectivity index (χ4v) is 4.13. The first-order valence-electron chi connectivity index (χ1n) is 7.85. The summed E-state index contributed by atoms with van der Waals surface area (Å²) in [4.78, 5) is 21.6. The van der Waals surface area contributed by atoms with Crippen LogP contribution in [0.5, 0.6) is 0 Å². The molecule has 3 saturated heterocycles. The Balaban J connectivity index is 1.67. The van der Waals surface area contributed by atoms with Crippen molar-refractivity contribution in [1.29, 1.82) is 0 Å². The van der Waals surface area contributed by atoms with E-state index >= 15 is 0 Å². The van der Waals surface area contributed by atoms with Crippen LogP contribution in [0, 0.1) is 5.92 Å². The third-order valence-electron chi connectivity index (χ3n) is 4.56. The molecule has 0 unspecified atom stereocenters. The monoisotopic (exact) mass is 324 g/mol. The van der Waals surface area contributed by atoms with Gasteiger partial charge in [-0.1, -0.05) is 0 Å². The van der Waals surface area contributed by atoms with Crippen molar-refractivity contribution in [3.8, 4) is 0 Å². The molecule has 4 heterocycles. The molecule has 6 nitrogen and oxygen atoms in total. The number of nitrogens with one attached hydrogen (secondary N) is 1. The third-order valence-corrected chi connectivity index (χ3v) is 5.47. The fourth-order valence-electron chi connectivity index (χ4n) is 3.47. The van der Waals surface area contributed by atoms with E-state index in [1.54, 1.807) is 18.4 Å². The minimum absolute atomic E-state index is 0.137. The van der Waals surface area contributed by atoms with Crippen LogP contribution >= 0.6 is 11.3 Å². The lowest BCUT2D eigenvalue weighted by Crippen LogP contribution is -2.49. The van der Waals surface area contributed by atoms with Crippen LogP contribution in [0.25, 0.3) is 0 Å². The van der Waals surface area contributed by atoms with E-state index in [0.717, 1.165) is 43.3 Å². The fraction of sp³-hybridized carbons (Fsp3) is 0.733. The number of ether oxygens (including phenoxy) is 1. The van der Waals surface area contributed by atoms with Gasteiger partial charge in [-0.05, 0) is 12.8 Å². The Morgan fingerprint density at radius 3 is 3.05 bits per heavy atom. The second-order valence-corrected chi connectivity index (χ2v) is 6.90. The topological polar surface area (TPSA) is 57.7 Å². The van der Waals surface area contributed by atoms with Crippen LogP contribution in [0.1, 0.15) is 18.5 Å². The second kappa shape index (κ2) is 6.93. The first-order chi connectivity index (χ1) is 10.7. The Morgan fingerprint density at radius 2 is 2.32 bits per heavy atom. The van der Waals surface area contributed by atoms with Crippen LogP contribution in [0.4, 0.5) is 5.13 Å². The smallest absolute Gasteiger partial charge is 0.227 e. The molecule has 1 amide bonds. The van der Waals surface area contributed by atoms with Gasteiger partial charge in [0.1, 0.15) is 0 Å². The molecule has 2 bridgehead atoms. The van der Waals surface area contributed by atoms with Crippen molar-refractivity contribution in [3.05, 3.63) is 11.1 Å². The zero-order chi connectivity index (χ0) is 15.5. The average Bonchev–Trinajstić information content (AvgIpc) is 2.81. The van der Waals surface area contributed by atoms with Gasteiger partial charge in [-0.2, -0.15) is 0 Å². The first-order valence-corrected chi connectivity index (χ1v) is 8.73. The number of carbonyl (C=O) groups excluding carboxylic acids is 1. The standard InChI is InChI=1S/C15H24N4O2S/c1-16-15-17-12(10-22-15)8-18-7-11-3-4-13(9-18)19(14(11)20)5-6-21-2/h10-11,13H,3-9H2,1-2H3,(H,16,17)/t11-,13+/m0/s1. The van der Waals surface area contributed by atoms with E-state index < -0.39 is 0 Å². The summed E-state index contributed by atoms with van der Waals surface area (Å²) in [6.07, 6.45) is 2.12. The van der Waals surface area contributed by atoms with Gasteiger partial charge in [0.25, 0.3) is 0 Å². The Morgan fingerprint density at radius 1 is 1.45 bits per heavy atom. The SMILES string of the molecule is CNc1nc(CN2C[C@@H]3CC[C@H](C2)N(CCOC)C3=O)cs1. The van der Waals surface area contributed by atoms with Crippen LogP contribution in [0.3, 0.4) is 0 Å². The Labute approximate surface area is 135 Å². The largest absolute Gasteiger partial charge is 0.383 e. The predicted octanol–water partition coefficient (Wildman–Crippen LogP) is 1.25. The second-order valence-electron chi connectivity index (χ2n) is 6.04. The molecule has 7 heteroatoms. The summed E-state index contributed by atoms with van der Waals surface area (Å²) >= 11 is 1.63. The van der Waals surface area contributed by atoms with Crippen LogP contribution in [0.15, 0.2) is 5.38 Å². The molecule has 2 atom stereocenters. The minimum Gasteiger partial charge on any atom is -0.383 e. The van der Waals surface area contributed by atoms with Gasteiger partial charge in [0, 0.05) is 51.8 Å². The van der Waals surface area contributed by atoms with Crippen LogP contribution in [-0.4, -0.2) is 67.1 Å². The van der Waals surface area contributed by atoms with E-state index in [9.17, 15) is 4.79 Å². The third kappa shape index (κ3) is 3.26. The number of amides is 1. The van der Waals surface area contributed by atoms with Crippen molar-refractivity contribution in [3.63, 3.8) is 0 Å². The van der Waals surface area contributed by atoms with Gasteiger partial charge in [-0.3, -0.25) is 9.69 Å². The molecule has 3 fully saturated rings. The number of thiazole rings is 1. The molecule has 22 heavy (non-hydrogen) atoms. The number of hydrogen-bond acceptors (Lipinski definition) is 6. The summed E-state index contributed by atoms with van der Waals surface area (Å²) in [6, 6.07) is 0.323. The highest BCUT2D eigenvalue weighted by Crippen LogP contribution is 2.30. The summed E-state index contributed by atoms with van der Waals surface area (Å²) in [5, 5.41) is 6.13. The van der Waals surface area contributed by atoms with Gasteiger partial charge in [-0.25, -0.2) is 4.98 Å². The van der Waals surface area contributed by atoms with Crippen molar-refractivity contribution in [2.45, 2.75) is 25.4 Å². The molecule has 122 valence electrons. The molecule has 0 aromatic carbocycles. The quantitative estimate of drug-likeness (QED) is 0.853. The maximum Gasteiger partial charge on any atom is 0.227 e. The summed E-state index contributed by atoms with van der Waals surface area (Å²) in [7, 11) is 3.58. The molecule has 0 radical (unpaired) electrons. The summed E-state index contributed by atoms with van der Waals surface area (Å²) in [6.45, 7) is 3.96. The van der Waals surface area contributed by atoms with Crippen LogP contribution in [0.2, 0.25) is 0 Å². The van der Waals surface area contributed by atoms with Crippen molar-refractivity contribution in [2.75, 3.05) is 45.7 Å². The Bertz CT molecular complexity index is 521. The molecule has 4 rings (SSSR count). The Kier molecular flexibility index (Phi) is 4.95. The lowest BCUT2D eigenvalue weighted by molar-refractivity contribution is -0.140. The van der Waals surface area contributed by atoms with Crippen molar-refractivity contribution in [1.82, 2.24) is 14.8 Å². The van der Waals surface area contributed by atoms with Gasteiger partial charge in [0.05, 0.1) is 18.2 Å². The lowest BCUT2D eigenvalue weighted by Gasteiger charge is -2.35. The zero-order valence-electron chi connectivity index (χ0n) is 13.2. The average molecular weight is 324 g/mol. The van der Waals surface area contributed by atoms with Gasteiger partial charge >= 0.3 is 0 Å². The van der Waals surface area contributed by atoms with Gasteiger partial charge in [-0.15, -0.1) is 11.3 Å². The molecular formula is C15H24N4O2S. The normalized spacial score (nSPS) is 25.5. The number of piperidine rings is 1. The first kappa shape index (κ1) is 15.7. The van der Waals surface area contributed by atoms with Crippen LogP contribution < -0.4 is 5.32 Å². The number of aromatic nitrogens is 1. The molecule has 0 aliphatic carbocycles. The number of rotatable bonds is 6. The van der Waals surface area contributed by atoms with E-state index in [2.05, 4.69) is 20.6 Å². The van der Waals surface area contributed by atoms with Crippen molar-refractivity contribution >= 4 is 22.4 Å². The number of nitrogens with zero attached hydrogens (tertiary/aromatic N) is 3. The van der Waals surface area contributed by atoms with Gasteiger partial charge in [0.2, 0.25) is 5.91 Å². The number of anilines is 1. The highest BCUT2D eigenvalue weighted by molar-refractivity contribution is 7.13. The van der Waals surface area contributed by atoms with E-state index in [4.69, 9.17) is 4.74 Å². The summed E-state index contributed by atoms with van der Waals surface area (Å²) < 4.78 is 5.16. The van der Waals surface area contributed by atoms with Crippen molar-refractivity contribution < 1.29 is 9.53 Å². The van der Waals surface area contributed by atoms with E-state index in [0.29, 0.717) is 25.1 Å². The van der Waals surface area contributed by atoms with Crippen LogP contribution in [-0.2, 0) is 16.1 Å². The molecule has 3 aliphatic heterocycles. The molecular weight excluding hydrogens is 300 g/mol. The summed E-state index contributed by atoms with van der Waals surface area (Å²) in [5.41, 5.74) is 1.09. The predicted molar refractivity (Wildman–Crippen MR) is 87.0 cm³/mol. The maximum absolute atomic E-state index is 12.6. The van der Waals surface area contributed by atoms with Gasteiger partial charge < -0.3 is 15.0 Å². The van der Waals surface area contributed by atoms with Crippen molar-refractivity contribution in [2.24, 2.45) is 5.92 Å². The number of hydrogen-bond donors (Lipinski definition) is 1. The zero-order valence-corrected chi connectivity index (χ0v) is 14.1. The molecule has 0 saturated carbocycles. The van der Waals surface area contributed by atoms with E-state index in [1.165, 1.54) is 0 Å². The highest BCUT2D eigenvalue weighted by atomic mass is 32.1. The summed E-state index contributed by atoms with van der Waals surface area (Å²) in [5.74, 6) is 0.447. The Hall–Kier alpha value is -1.18. The van der Waals surface area contributed by atoms with E-state index in [1.807, 2.05) is 11.9 Å². The maximum atomic E-state index is 12.6. The van der Waals surface area contributed by atoms with Gasteiger partial charge in [0.15, 0.2) is 5.13 Å². The molecule has 3 aliphatic rings. The molecule has 0 spiro atoms.